The minimum atomic E-state index is 0.215. The Morgan fingerprint density at radius 1 is 0.963 bits per heavy atom. The molecule has 1 saturated heterocycles. The Balaban J connectivity index is 1.34. The van der Waals surface area contributed by atoms with Crippen LogP contribution in [0.4, 0.5) is 0 Å². The average molecular weight is 378 g/mol. The Kier molecular flexibility index (Phi) is 7.39. The summed E-state index contributed by atoms with van der Waals surface area (Å²) in [5.74, 6) is 3.25. The molecule has 0 aromatic heterocycles. The first-order chi connectivity index (χ1) is 13.1. The zero-order valence-electron chi connectivity index (χ0n) is 17.5. The molecule has 0 aromatic rings. The SMILES string of the molecule is CN=C(NCCNC(=O)C1CC1)N1CCN(C2CCC(C(C)C)CC2)CC1. The number of aliphatic imine (C=N–C) groups is 1. The lowest BCUT2D eigenvalue weighted by Gasteiger charge is -2.43. The maximum atomic E-state index is 11.7. The zero-order chi connectivity index (χ0) is 19.2. The lowest BCUT2D eigenvalue weighted by Crippen LogP contribution is -2.55. The molecule has 0 radical (unpaired) electrons. The van der Waals surface area contributed by atoms with Gasteiger partial charge in [0.15, 0.2) is 5.96 Å². The number of piperazine rings is 1. The summed E-state index contributed by atoms with van der Waals surface area (Å²) in [6.07, 6.45) is 7.67. The van der Waals surface area contributed by atoms with E-state index in [9.17, 15) is 4.79 Å². The van der Waals surface area contributed by atoms with Crippen molar-refractivity contribution in [3.8, 4) is 0 Å². The van der Waals surface area contributed by atoms with Crippen molar-refractivity contribution in [1.29, 1.82) is 0 Å². The third-order valence-corrected chi connectivity index (χ3v) is 6.68. The summed E-state index contributed by atoms with van der Waals surface area (Å²) in [6, 6.07) is 0.787. The molecule has 0 aromatic carbocycles. The summed E-state index contributed by atoms with van der Waals surface area (Å²) < 4.78 is 0. The van der Waals surface area contributed by atoms with Crippen LogP contribution in [0, 0.1) is 17.8 Å². The smallest absolute Gasteiger partial charge is 0.223 e. The molecule has 27 heavy (non-hydrogen) atoms. The van der Waals surface area contributed by atoms with Crippen molar-refractivity contribution in [1.82, 2.24) is 20.4 Å². The zero-order valence-corrected chi connectivity index (χ0v) is 17.5. The van der Waals surface area contributed by atoms with Crippen molar-refractivity contribution < 1.29 is 4.79 Å². The van der Waals surface area contributed by atoms with Gasteiger partial charge in [-0.3, -0.25) is 14.7 Å². The van der Waals surface area contributed by atoms with Crippen LogP contribution in [0.25, 0.3) is 0 Å². The maximum absolute atomic E-state index is 11.7. The quantitative estimate of drug-likeness (QED) is 0.422. The second kappa shape index (κ2) is 9.76. The van der Waals surface area contributed by atoms with E-state index >= 15 is 0 Å². The first-order valence-corrected chi connectivity index (χ1v) is 11.1. The monoisotopic (exact) mass is 377 g/mol. The molecule has 1 aliphatic heterocycles. The molecule has 1 amide bonds. The summed E-state index contributed by atoms with van der Waals surface area (Å²) in [5, 5.41) is 6.41. The van der Waals surface area contributed by atoms with Gasteiger partial charge in [0.25, 0.3) is 0 Å². The lowest BCUT2D eigenvalue weighted by atomic mass is 9.79. The van der Waals surface area contributed by atoms with E-state index in [4.69, 9.17) is 0 Å². The Labute approximate surface area is 165 Å². The molecule has 6 heteroatoms. The molecular formula is C21H39N5O. The van der Waals surface area contributed by atoms with Gasteiger partial charge >= 0.3 is 0 Å². The molecule has 0 unspecified atom stereocenters. The molecule has 2 N–H and O–H groups in total. The van der Waals surface area contributed by atoms with Crippen LogP contribution < -0.4 is 10.6 Å². The number of hydrogen-bond donors (Lipinski definition) is 2. The highest BCUT2D eigenvalue weighted by atomic mass is 16.2. The summed E-state index contributed by atoms with van der Waals surface area (Å²) in [6.45, 7) is 10.5. The van der Waals surface area contributed by atoms with Gasteiger partial charge < -0.3 is 15.5 Å². The number of carbonyl (C=O) groups is 1. The summed E-state index contributed by atoms with van der Waals surface area (Å²) in [5.41, 5.74) is 0. The van der Waals surface area contributed by atoms with Crippen molar-refractivity contribution >= 4 is 11.9 Å². The van der Waals surface area contributed by atoms with Crippen LogP contribution in [0.3, 0.4) is 0 Å². The highest BCUT2D eigenvalue weighted by molar-refractivity contribution is 5.81. The molecule has 0 spiro atoms. The predicted molar refractivity (Wildman–Crippen MR) is 111 cm³/mol. The van der Waals surface area contributed by atoms with Gasteiger partial charge in [0, 0.05) is 58.3 Å². The van der Waals surface area contributed by atoms with Crippen molar-refractivity contribution in [2.75, 3.05) is 46.3 Å². The van der Waals surface area contributed by atoms with Crippen LogP contribution in [0.5, 0.6) is 0 Å². The van der Waals surface area contributed by atoms with Gasteiger partial charge in [-0.1, -0.05) is 13.8 Å². The van der Waals surface area contributed by atoms with Crippen molar-refractivity contribution in [3.05, 3.63) is 0 Å². The Hall–Kier alpha value is -1.30. The summed E-state index contributed by atoms with van der Waals surface area (Å²) in [7, 11) is 1.85. The van der Waals surface area contributed by atoms with Crippen LogP contribution in [0.2, 0.25) is 0 Å². The third-order valence-electron chi connectivity index (χ3n) is 6.68. The van der Waals surface area contributed by atoms with Gasteiger partial charge in [-0.05, 0) is 50.4 Å². The van der Waals surface area contributed by atoms with Gasteiger partial charge in [0.1, 0.15) is 0 Å². The number of carbonyl (C=O) groups excluding carboxylic acids is 1. The summed E-state index contributed by atoms with van der Waals surface area (Å²) >= 11 is 0. The standard InChI is InChI=1S/C21H39N5O/c1-16(2)17-6-8-19(9-7-17)25-12-14-26(15-13-25)21(22-3)24-11-10-23-20(27)18-4-5-18/h16-19H,4-15H2,1-3H3,(H,22,24)(H,23,27). The fraction of sp³-hybridized carbons (Fsp3) is 0.905. The van der Waals surface area contributed by atoms with Gasteiger partial charge in [0.05, 0.1) is 0 Å². The highest BCUT2D eigenvalue weighted by Crippen LogP contribution is 2.32. The lowest BCUT2D eigenvalue weighted by molar-refractivity contribution is -0.122. The fourth-order valence-corrected chi connectivity index (χ4v) is 4.61. The Morgan fingerprint density at radius 3 is 2.15 bits per heavy atom. The number of rotatable bonds is 6. The van der Waals surface area contributed by atoms with Gasteiger partial charge in [-0.15, -0.1) is 0 Å². The van der Waals surface area contributed by atoms with E-state index in [0.717, 1.165) is 69.4 Å². The molecule has 3 rings (SSSR count). The van der Waals surface area contributed by atoms with Crippen molar-refractivity contribution in [3.63, 3.8) is 0 Å². The van der Waals surface area contributed by atoms with Crippen molar-refractivity contribution in [2.45, 2.75) is 58.4 Å². The minimum Gasteiger partial charge on any atom is -0.354 e. The molecule has 2 aliphatic carbocycles. The molecule has 1 heterocycles. The first-order valence-electron chi connectivity index (χ1n) is 11.1. The number of nitrogens with one attached hydrogen (secondary N) is 2. The molecule has 2 saturated carbocycles. The molecule has 6 nitrogen and oxygen atoms in total. The maximum Gasteiger partial charge on any atom is 0.223 e. The van der Waals surface area contributed by atoms with Crippen molar-refractivity contribution in [2.24, 2.45) is 22.7 Å². The van der Waals surface area contributed by atoms with E-state index in [1.165, 1.54) is 25.7 Å². The molecule has 3 aliphatic rings. The topological polar surface area (TPSA) is 60.0 Å². The predicted octanol–water partition coefficient (Wildman–Crippen LogP) is 1.92. The number of guanidine groups is 1. The summed E-state index contributed by atoms with van der Waals surface area (Å²) in [4.78, 5) is 21.2. The normalized spacial score (nSPS) is 27.7. The second-order valence-electron chi connectivity index (χ2n) is 8.87. The van der Waals surface area contributed by atoms with Gasteiger partial charge in [-0.25, -0.2) is 0 Å². The van der Waals surface area contributed by atoms with E-state index in [1.54, 1.807) is 0 Å². The number of hydrogen-bond acceptors (Lipinski definition) is 3. The number of amides is 1. The Morgan fingerprint density at radius 2 is 1.59 bits per heavy atom. The molecule has 3 fully saturated rings. The fourth-order valence-electron chi connectivity index (χ4n) is 4.61. The Bertz CT molecular complexity index is 501. The van der Waals surface area contributed by atoms with E-state index in [2.05, 4.69) is 39.3 Å². The van der Waals surface area contributed by atoms with Crippen LogP contribution in [-0.2, 0) is 4.79 Å². The number of nitrogens with zero attached hydrogens (tertiary/aromatic N) is 3. The van der Waals surface area contributed by atoms with Gasteiger partial charge in [-0.2, -0.15) is 0 Å². The van der Waals surface area contributed by atoms with E-state index in [1.807, 2.05) is 7.05 Å². The second-order valence-corrected chi connectivity index (χ2v) is 8.87. The van der Waals surface area contributed by atoms with Gasteiger partial charge in [0.2, 0.25) is 5.91 Å². The molecule has 0 bridgehead atoms. The minimum absolute atomic E-state index is 0.215. The largest absolute Gasteiger partial charge is 0.354 e. The van der Waals surface area contributed by atoms with Crippen LogP contribution in [0.15, 0.2) is 4.99 Å². The van der Waals surface area contributed by atoms with Crippen LogP contribution in [-0.4, -0.2) is 74.0 Å². The highest BCUT2D eigenvalue weighted by Gasteiger charge is 2.30. The van der Waals surface area contributed by atoms with E-state index in [-0.39, 0.29) is 11.8 Å². The van der Waals surface area contributed by atoms with E-state index < -0.39 is 0 Å². The van der Waals surface area contributed by atoms with E-state index in [0.29, 0.717) is 6.54 Å². The first kappa shape index (κ1) is 20.4. The third kappa shape index (κ3) is 5.84. The van der Waals surface area contributed by atoms with Crippen LogP contribution in [0.1, 0.15) is 52.4 Å². The molecule has 0 atom stereocenters. The molecule has 154 valence electrons. The average Bonchev–Trinajstić information content (AvgIpc) is 3.54. The van der Waals surface area contributed by atoms with Crippen LogP contribution >= 0.6 is 0 Å². The molecular weight excluding hydrogens is 338 g/mol.